The van der Waals surface area contributed by atoms with Crippen molar-refractivity contribution in [3.05, 3.63) is 70.8 Å². The molecule has 146 valence electrons. The molecule has 0 unspecified atom stereocenters. The summed E-state index contributed by atoms with van der Waals surface area (Å²) in [6.45, 7) is 6.77. The molecule has 0 aromatic carbocycles. The van der Waals surface area contributed by atoms with Crippen molar-refractivity contribution in [2.75, 3.05) is 0 Å². The average Bonchev–Trinajstić information content (AvgIpc) is 3.44. The third kappa shape index (κ3) is 4.05. The van der Waals surface area contributed by atoms with Gasteiger partial charge in [-0.3, -0.25) is 0 Å². The summed E-state index contributed by atoms with van der Waals surface area (Å²) in [6, 6.07) is 14.5. The summed E-state index contributed by atoms with van der Waals surface area (Å²) >= 11 is 0. The van der Waals surface area contributed by atoms with Crippen molar-refractivity contribution in [3.63, 3.8) is 0 Å². The van der Waals surface area contributed by atoms with Gasteiger partial charge in [-0.05, 0) is 66.8 Å². The highest BCUT2D eigenvalue weighted by Gasteiger charge is 2.09. The third-order valence-electron chi connectivity index (χ3n) is 4.74. The predicted molar refractivity (Wildman–Crippen MR) is 129 cm³/mol. The monoisotopic (exact) mass is 406 g/mol. The number of fused-ring (bicyclic) bond motifs is 8. The number of rotatable bonds is 0. The fourth-order valence-electron chi connectivity index (χ4n) is 3.38. The molecule has 0 saturated heterocycles. The smallest absolute Gasteiger partial charge is 0.129 e. The lowest BCUT2D eigenvalue weighted by atomic mass is 10.2. The summed E-state index contributed by atoms with van der Waals surface area (Å²) in [6.07, 6.45) is 8.07. The molecule has 5 rings (SSSR count). The van der Waals surface area contributed by atoms with Crippen LogP contribution in [-0.4, -0.2) is 28.0 Å². The first-order chi connectivity index (χ1) is 14.4. The van der Waals surface area contributed by atoms with E-state index in [1.54, 1.807) is 0 Å². The maximum absolute atomic E-state index is 4.73. The Bertz CT molecular complexity index is 1430. The first-order valence-corrected chi connectivity index (χ1v) is 13.5. The van der Waals surface area contributed by atoms with Crippen molar-refractivity contribution in [1.29, 1.82) is 0 Å². The Hall–Kier alpha value is -3.62. The van der Waals surface area contributed by atoms with Gasteiger partial charge in [0.15, 0.2) is 0 Å². The van der Waals surface area contributed by atoms with Crippen LogP contribution in [0.1, 0.15) is 28.3 Å². The van der Waals surface area contributed by atoms with Gasteiger partial charge in [-0.15, -0.1) is 5.54 Å². The van der Waals surface area contributed by atoms with Crippen LogP contribution in [0, 0.1) is 11.5 Å². The first-order valence-electron chi connectivity index (χ1n) is 10.0. The highest BCUT2D eigenvalue weighted by atomic mass is 28.3. The van der Waals surface area contributed by atoms with Gasteiger partial charge < -0.3 is 9.97 Å². The second-order valence-electron chi connectivity index (χ2n) is 8.59. The zero-order valence-electron chi connectivity index (χ0n) is 17.2. The van der Waals surface area contributed by atoms with Gasteiger partial charge >= 0.3 is 0 Å². The highest BCUT2D eigenvalue weighted by molar-refractivity contribution is 6.83. The summed E-state index contributed by atoms with van der Waals surface area (Å²) in [5, 5.41) is 0. The lowest BCUT2D eigenvalue weighted by molar-refractivity contribution is 1.28. The lowest BCUT2D eigenvalue weighted by Gasteiger charge is -2.02. The van der Waals surface area contributed by atoms with E-state index in [0.717, 1.165) is 50.4 Å². The predicted octanol–water partition coefficient (Wildman–Crippen LogP) is 5.88. The molecule has 8 bridgehead atoms. The van der Waals surface area contributed by atoms with Crippen molar-refractivity contribution in [2.45, 2.75) is 19.6 Å². The van der Waals surface area contributed by atoms with Gasteiger partial charge in [0.2, 0.25) is 0 Å². The van der Waals surface area contributed by atoms with Gasteiger partial charge in [0, 0.05) is 22.1 Å². The van der Waals surface area contributed by atoms with E-state index in [-0.39, 0.29) is 0 Å². The Kier molecular flexibility index (Phi) is 4.30. The first kappa shape index (κ1) is 18.4. The van der Waals surface area contributed by atoms with E-state index in [2.05, 4.69) is 76.4 Å². The molecule has 2 N–H and O–H groups in total. The van der Waals surface area contributed by atoms with E-state index in [9.17, 15) is 0 Å². The molecule has 0 aliphatic carbocycles. The molecule has 0 radical (unpaired) electrons. The number of nitrogens with one attached hydrogen (secondary N) is 2. The van der Waals surface area contributed by atoms with Gasteiger partial charge in [-0.25, -0.2) is 9.97 Å². The molecule has 2 aliphatic heterocycles. The molecule has 0 spiro atoms. The van der Waals surface area contributed by atoms with Crippen molar-refractivity contribution in [3.8, 4) is 11.5 Å². The Morgan fingerprint density at radius 2 is 1.27 bits per heavy atom. The highest BCUT2D eigenvalue weighted by Crippen LogP contribution is 2.19. The summed E-state index contributed by atoms with van der Waals surface area (Å²) in [5.74, 6) is 3.41. The molecule has 2 aliphatic rings. The topological polar surface area (TPSA) is 57.4 Å². The van der Waals surface area contributed by atoms with Gasteiger partial charge in [0.1, 0.15) is 8.07 Å². The molecule has 3 aromatic heterocycles. The molecule has 30 heavy (non-hydrogen) atoms. The molecule has 5 heterocycles. The quantitative estimate of drug-likeness (QED) is 0.249. The van der Waals surface area contributed by atoms with Crippen molar-refractivity contribution < 1.29 is 0 Å². The minimum Gasteiger partial charge on any atom is -0.355 e. The number of hydrogen-bond donors (Lipinski definition) is 2. The van der Waals surface area contributed by atoms with Gasteiger partial charge in [-0.1, -0.05) is 25.6 Å². The largest absolute Gasteiger partial charge is 0.355 e. The van der Waals surface area contributed by atoms with Crippen LogP contribution in [0.15, 0.2) is 42.5 Å². The van der Waals surface area contributed by atoms with Crippen LogP contribution in [0.2, 0.25) is 19.6 Å². The van der Waals surface area contributed by atoms with Gasteiger partial charge in [0.05, 0.1) is 28.3 Å². The maximum Gasteiger partial charge on any atom is 0.129 e. The van der Waals surface area contributed by atoms with Crippen molar-refractivity contribution >= 4 is 54.4 Å². The van der Waals surface area contributed by atoms with Gasteiger partial charge in [0.25, 0.3) is 0 Å². The van der Waals surface area contributed by atoms with E-state index in [1.165, 1.54) is 0 Å². The van der Waals surface area contributed by atoms with Gasteiger partial charge in [-0.2, -0.15) is 0 Å². The average molecular weight is 407 g/mol. The second-order valence-corrected chi connectivity index (χ2v) is 13.3. The fourth-order valence-corrected chi connectivity index (χ4v) is 3.89. The van der Waals surface area contributed by atoms with E-state index in [0.29, 0.717) is 0 Å². The summed E-state index contributed by atoms with van der Waals surface area (Å²) in [7, 11) is -1.48. The summed E-state index contributed by atoms with van der Waals surface area (Å²) < 4.78 is 0. The Morgan fingerprint density at radius 3 is 1.93 bits per heavy atom. The van der Waals surface area contributed by atoms with E-state index in [4.69, 9.17) is 4.98 Å². The minimum atomic E-state index is -1.48. The zero-order valence-corrected chi connectivity index (χ0v) is 18.2. The maximum atomic E-state index is 4.73. The minimum absolute atomic E-state index is 0.897. The molecule has 5 heteroatoms. The van der Waals surface area contributed by atoms with Crippen LogP contribution in [0.5, 0.6) is 0 Å². The molecule has 3 aromatic rings. The van der Waals surface area contributed by atoms with Crippen LogP contribution in [0.3, 0.4) is 0 Å². The molecule has 0 fully saturated rings. The lowest BCUT2D eigenvalue weighted by Crippen LogP contribution is -2.16. The van der Waals surface area contributed by atoms with Crippen LogP contribution in [-0.2, 0) is 0 Å². The van der Waals surface area contributed by atoms with E-state index < -0.39 is 8.07 Å². The number of aromatic amines is 2. The number of hydrogen-bond acceptors (Lipinski definition) is 2. The van der Waals surface area contributed by atoms with Crippen LogP contribution >= 0.6 is 0 Å². The molecular formula is C25H22N4Si. The molecular weight excluding hydrogens is 384 g/mol. The van der Waals surface area contributed by atoms with Crippen LogP contribution in [0.4, 0.5) is 0 Å². The van der Waals surface area contributed by atoms with E-state index in [1.807, 2.05) is 36.4 Å². The van der Waals surface area contributed by atoms with Crippen molar-refractivity contribution in [1.82, 2.24) is 19.9 Å². The Labute approximate surface area is 176 Å². The SMILES string of the molecule is C[Si](C)(C)C#Cc1cc2cc3ccc(cc4nc(cc5nc(cc1[nH]2)C=C5)C=C4)[nH]3. The number of nitrogens with zero attached hydrogens (tertiary/aromatic N) is 2. The summed E-state index contributed by atoms with van der Waals surface area (Å²) in [5.41, 5.74) is 12.1. The third-order valence-corrected chi connectivity index (χ3v) is 5.62. The van der Waals surface area contributed by atoms with Crippen molar-refractivity contribution in [2.24, 2.45) is 0 Å². The Balaban J connectivity index is 1.81. The molecule has 0 saturated carbocycles. The van der Waals surface area contributed by atoms with Crippen LogP contribution in [0.25, 0.3) is 46.4 Å². The van der Waals surface area contributed by atoms with E-state index >= 15 is 0 Å². The summed E-state index contributed by atoms with van der Waals surface area (Å²) in [4.78, 5) is 16.3. The number of H-pyrrole nitrogens is 2. The number of aromatic nitrogens is 4. The molecule has 0 atom stereocenters. The molecule has 4 nitrogen and oxygen atoms in total. The Morgan fingerprint density at radius 1 is 0.667 bits per heavy atom. The molecule has 0 amide bonds. The second kappa shape index (κ2) is 7.01. The van der Waals surface area contributed by atoms with Crippen LogP contribution < -0.4 is 0 Å². The standard InChI is InChI=1S/C25H22N4Si/c1-30(2,3)11-10-17-12-24-15-22-7-6-20(27-22)13-18-4-5-19(26-18)14-21-8-9-23(28-21)16-25(17)29-24/h4-9,12-16,27,29H,1-3H3. The fraction of sp³-hybridized carbons (Fsp3) is 0.120. The normalized spacial score (nSPS) is 12.6. The zero-order chi connectivity index (χ0) is 20.7.